The summed E-state index contributed by atoms with van der Waals surface area (Å²) in [6.07, 6.45) is 5.04. The van der Waals surface area contributed by atoms with Gasteiger partial charge in [-0.05, 0) is 18.6 Å². The number of fused-ring (bicyclic) bond motifs is 1. The Bertz CT molecular complexity index is 959. The van der Waals surface area contributed by atoms with Crippen LogP contribution in [-0.4, -0.2) is 61.9 Å². The van der Waals surface area contributed by atoms with Crippen LogP contribution in [0.5, 0.6) is 0 Å². The second-order valence-corrected chi connectivity index (χ2v) is 6.33. The molecule has 0 bridgehead atoms. The van der Waals surface area contributed by atoms with Gasteiger partial charge in [-0.15, -0.1) is 5.10 Å². The number of benzene rings is 1. The van der Waals surface area contributed by atoms with Crippen LogP contribution in [-0.2, 0) is 11.3 Å². The molecule has 27 heavy (non-hydrogen) atoms. The molecule has 1 aliphatic rings. The Hall–Kier alpha value is -3.29. The fourth-order valence-corrected chi connectivity index (χ4v) is 3.20. The van der Waals surface area contributed by atoms with Crippen LogP contribution in [0.15, 0.2) is 42.7 Å². The molecule has 0 saturated carbocycles. The fraction of sp³-hybridized carbons (Fsp3) is 0.316. The number of carbonyl (C=O) groups is 1. The Balaban J connectivity index is 1.43. The van der Waals surface area contributed by atoms with Crippen molar-refractivity contribution in [3.63, 3.8) is 0 Å². The van der Waals surface area contributed by atoms with Crippen molar-refractivity contribution in [1.29, 1.82) is 0 Å². The molecule has 1 amide bonds. The average Bonchev–Trinajstić information content (AvgIpc) is 3.16. The van der Waals surface area contributed by atoms with Gasteiger partial charge in [-0.25, -0.2) is 14.6 Å². The summed E-state index contributed by atoms with van der Waals surface area (Å²) in [4.78, 5) is 25.1. The largest absolute Gasteiger partial charge is 0.351 e. The van der Waals surface area contributed by atoms with Crippen molar-refractivity contribution in [3.05, 3.63) is 48.3 Å². The number of hydrogen-bond donors (Lipinski definition) is 0. The van der Waals surface area contributed by atoms with E-state index in [1.54, 1.807) is 17.1 Å². The Labute approximate surface area is 157 Å². The van der Waals surface area contributed by atoms with Gasteiger partial charge in [-0.2, -0.15) is 0 Å². The lowest BCUT2D eigenvalue weighted by molar-refractivity contribution is -0.126. The lowest BCUT2D eigenvalue weighted by Gasteiger charge is -2.34. The zero-order valence-corrected chi connectivity index (χ0v) is 15.2. The molecule has 0 aliphatic carbocycles. The minimum absolute atomic E-state index is 0.0308. The summed E-state index contributed by atoms with van der Waals surface area (Å²) in [5.41, 5.74) is 2.47. The van der Waals surface area contributed by atoms with Crippen molar-refractivity contribution in [2.45, 2.75) is 13.5 Å². The molecule has 1 aromatic carbocycles. The summed E-state index contributed by atoms with van der Waals surface area (Å²) >= 11 is 0. The zero-order valence-electron chi connectivity index (χ0n) is 15.2. The third kappa shape index (κ3) is 3.51. The quantitative estimate of drug-likeness (QED) is 0.655. The van der Waals surface area contributed by atoms with Gasteiger partial charge in [0, 0.05) is 38.8 Å². The molecule has 0 N–H and O–H groups in total. The molecule has 8 heteroatoms. The maximum absolute atomic E-state index is 12.4. The normalized spacial score (nSPS) is 15.0. The molecule has 1 fully saturated rings. The molecule has 1 aliphatic heterocycles. The van der Waals surface area contributed by atoms with Crippen LogP contribution < -0.4 is 4.90 Å². The monoisotopic (exact) mass is 363 g/mol. The first-order valence-corrected chi connectivity index (χ1v) is 9.07. The van der Waals surface area contributed by atoms with Crippen molar-refractivity contribution >= 4 is 29.0 Å². The number of nitrogens with zero attached hydrogens (tertiary/aromatic N) is 7. The van der Waals surface area contributed by atoms with Gasteiger partial charge in [0.15, 0.2) is 17.0 Å². The van der Waals surface area contributed by atoms with Crippen LogP contribution in [0.4, 0.5) is 5.82 Å². The molecule has 0 radical (unpaired) electrons. The van der Waals surface area contributed by atoms with Crippen molar-refractivity contribution in [2.24, 2.45) is 0 Å². The number of amides is 1. The standard InChI is InChI=1S/C19H21N7O/c1-2-26-19-17(22-23-26)18(20-14-21-19)25-12-10-24(11-13-25)16(27)9-8-15-6-4-3-5-7-15/h3-9,14H,2,10-13H2,1H3/b9-8+. The van der Waals surface area contributed by atoms with E-state index < -0.39 is 0 Å². The third-order valence-corrected chi connectivity index (χ3v) is 4.69. The van der Waals surface area contributed by atoms with Gasteiger partial charge in [0.05, 0.1) is 0 Å². The third-order valence-electron chi connectivity index (χ3n) is 4.69. The smallest absolute Gasteiger partial charge is 0.246 e. The van der Waals surface area contributed by atoms with E-state index in [9.17, 15) is 4.79 Å². The summed E-state index contributed by atoms with van der Waals surface area (Å²) in [5, 5.41) is 8.37. The van der Waals surface area contributed by atoms with Crippen LogP contribution in [0.1, 0.15) is 12.5 Å². The molecular formula is C19H21N7O. The molecule has 0 atom stereocenters. The van der Waals surface area contributed by atoms with Gasteiger partial charge in [-0.3, -0.25) is 4.79 Å². The van der Waals surface area contributed by atoms with Gasteiger partial charge >= 0.3 is 0 Å². The van der Waals surface area contributed by atoms with E-state index in [0.717, 1.165) is 17.0 Å². The lowest BCUT2D eigenvalue weighted by atomic mass is 10.2. The van der Waals surface area contributed by atoms with E-state index in [2.05, 4.69) is 25.2 Å². The molecular weight excluding hydrogens is 342 g/mol. The average molecular weight is 363 g/mol. The molecule has 3 aromatic rings. The van der Waals surface area contributed by atoms with E-state index in [1.165, 1.54) is 0 Å². The highest BCUT2D eigenvalue weighted by atomic mass is 16.2. The lowest BCUT2D eigenvalue weighted by Crippen LogP contribution is -2.48. The van der Waals surface area contributed by atoms with Gasteiger partial charge in [0.1, 0.15) is 6.33 Å². The number of hydrogen-bond acceptors (Lipinski definition) is 6. The predicted octanol–water partition coefficient (Wildman–Crippen LogP) is 1.60. The highest BCUT2D eigenvalue weighted by Gasteiger charge is 2.23. The van der Waals surface area contributed by atoms with Gasteiger partial charge in [0.25, 0.3) is 0 Å². The van der Waals surface area contributed by atoms with E-state index in [4.69, 9.17) is 0 Å². The SMILES string of the molecule is CCn1nnc2c(N3CCN(C(=O)/C=C/c4ccccc4)CC3)ncnc21. The van der Waals surface area contributed by atoms with Crippen molar-refractivity contribution in [3.8, 4) is 0 Å². The van der Waals surface area contributed by atoms with E-state index in [-0.39, 0.29) is 5.91 Å². The maximum atomic E-state index is 12.4. The Morgan fingerprint density at radius 3 is 2.63 bits per heavy atom. The maximum Gasteiger partial charge on any atom is 0.246 e. The predicted molar refractivity (Wildman–Crippen MR) is 103 cm³/mol. The van der Waals surface area contributed by atoms with Crippen LogP contribution in [0.25, 0.3) is 17.2 Å². The van der Waals surface area contributed by atoms with E-state index in [1.807, 2.05) is 48.2 Å². The van der Waals surface area contributed by atoms with Crippen molar-refractivity contribution in [1.82, 2.24) is 29.9 Å². The summed E-state index contributed by atoms with van der Waals surface area (Å²) in [5.74, 6) is 0.815. The molecule has 4 rings (SSSR count). The summed E-state index contributed by atoms with van der Waals surface area (Å²) < 4.78 is 1.76. The Morgan fingerprint density at radius 2 is 1.89 bits per heavy atom. The highest BCUT2D eigenvalue weighted by Crippen LogP contribution is 2.21. The number of anilines is 1. The van der Waals surface area contributed by atoms with Gasteiger partial charge < -0.3 is 9.80 Å². The molecule has 2 aromatic heterocycles. The number of aromatic nitrogens is 5. The fourth-order valence-electron chi connectivity index (χ4n) is 3.20. The number of aryl methyl sites for hydroxylation is 1. The first-order valence-electron chi connectivity index (χ1n) is 9.07. The second-order valence-electron chi connectivity index (χ2n) is 6.33. The van der Waals surface area contributed by atoms with E-state index in [0.29, 0.717) is 38.2 Å². The number of rotatable bonds is 4. The molecule has 3 heterocycles. The molecule has 1 saturated heterocycles. The minimum atomic E-state index is 0.0308. The molecule has 138 valence electrons. The second kappa shape index (κ2) is 7.53. The summed E-state index contributed by atoms with van der Waals surface area (Å²) in [6.45, 7) is 5.41. The van der Waals surface area contributed by atoms with Crippen LogP contribution in [0, 0.1) is 0 Å². The van der Waals surface area contributed by atoms with Crippen LogP contribution >= 0.6 is 0 Å². The van der Waals surface area contributed by atoms with E-state index >= 15 is 0 Å². The molecule has 8 nitrogen and oxygen atoms in total. The van der Waals surface area contributed by atoms with Crippen LogP contribution in [0.2, 0.25) is 0 Å². The Morgan fingerprint density at radius 1 is 1.11 bits per heavy atom. The van der Waals surface area contributed by atoms with Gasteiger partial charge in [0.2, 0.25) is 5.91 Å². The number of carbonyl (C=O) groups excluding carboxylic acids is 1. The first-order chi connectivity index (χ1) is 13.3. The topological polar surface area (TPSA) is 80.0 Å². The summed E-state index contributed by atoms with van der Waals surface area (Å²) in [6, 6.07) is 9.83. The first kappa shape index (κ1) is 17.1. The molecule has 0 unspecified atom stereocenters. The van der Waals surface area contributed by atoms with Crippen molar-refractivity contribution < 1.29 is 4.79 Å². The Kier molecular flexibility index (Phi) is 4.78. The van der Waals surface area contributed by atoms with Gasteiger partial charge in [-0.1, -0.05) is 35.5 Å². The zero-order chi connectivity index (χ0) is 18.6. The number of piperazine rings is 1. The molecule has 0 spiro atoms. The highest BCUT2D eigenvalue weighted by molar-refractivity contribution is 5.92. The van der Waals surface area contributed by atoms with Crippen LogP contribution in [0.3, 0.4) is 0 Å². The minimum Gasteiger partial charge on any atom is -0.351 e. The summed E-state index contributed by atoms with van der Waals surface area (Å²) in [7, 11) is 0. The van der Waals surface area contributed by atoms with Crippen molar-refractivity contribution in [2.75, 3.05) is 31.1 Å².